The lowest BCUT2D eigenvalue weighted by atomic mass is 9.87. The zero-order valence-electron chi connectivity index (χ0n) is 35.1. The number of fused-ring (bicyclic) bond motifs is 7. The van der Waals surface area contributed by atoms with Crippen LogP contribution < -0.4 is 9.80 Å². The molecule has 0 heterocycles. The number of rotatable bonds is 8. The zero-order chi connectivity index (χ0) is 42.4. The largest absolute Gasteiger partial charge is 0.310 e. The topological polar surface area (TPSA) is 6.48 Å². The molecular weight excluding hydrogens is 773 g/mol. The van der Waals surface area contributed by atoms with Crippen LogP contribution in [-0.4, -0.2) is 0 Å². The fourth-order valence-electron chi connectivity index (χ4n) is 9.74. The Labute approximate surface area is 373 Å². The van der Waals surface area contributed by atoms with Gasteiger partial charge in [0, 0.05) is 34.1 Å². The summed E-state index contributed by atoms with van der Waals surface area (Å²) in [6.07, 6.45) is 0. The van der Waals surface area contributed by atoms with Gasteiger partial charge in [0.05, 0.1) is 0 Å². The van der Waals surface area contributed by atoms with Gasteiger partial charge in [0.25, 0.3) is 0 Å². The van der Waals surface area contributed by atoms with Crippen LogP contribution in [-0.2, 0) is 0 Å². The summed E-state index contributed by atoms with van der Waals surface area (Å²) in [5.41, 5.74) is 11.7. The van der Waals surface area contributed by atoms with Crippen LogP contribution in [0.2, 0.25) is 0 Å². The van der Waals surface area contributed by atoms with Gasteiger partial charge >= 0.3 is 0 Å². The van der Waals surface area contributed by atoms with Crippen LogP contribution in [0, 0.1) is 0 Å². The van der Waals surface area contributed by atoms with Crippen molar-refractivity contribution in [2.75, 3.05) is 9.80 Å². The first kappa shape index (κ1) is 37.3. The van der Waals surface area contributed by atoms with Gasteiger partial charge in [-0.05, 0) is 173 Å². The maximum atomic E-state index is 2.42. The van der Waals surface area contributed by atoms with E-state index in [0.29, 0.717) is 0 Å². The lowest BCUT2D eigenvalue weighted by Gasteiger charge is -2.25. The predicted octanol–water partition coefficient (Wildman–Crippen LogP) is 17.7. The molecule has 12 aromatic rings. The van der Waals surface area contributed by atoms with Crippen molar-refractivity contribution in [2.45, 2.75) is 0 Å². The first-order valence-electron chi connectivity index (χ1n) is 22.0. The van der Waals surface area contributed by atoms with Gasteiger partial charge in [0.2, 0.25) is 0 Å². The molecule has 0 aliphatic heterocycles. The molecule has 2 nitrogen and oxygen atoms in total. The summed E-state index contributed by atoms with van der Waals surface area (Å²) in [5, 5.41) is 12.4. The molecule has 12 aromatic carbocycles. The Kier molecular flexibility index (Phi) is 9.20. The molecule has 64 heavy (non-hydrogen) atoms. The molecule has 0 radical (unpaired) electrons. The molecule has 0 spiro atoms. The van der Waals surface area contributed by atoms with Crippen LogP contribution >= 0.6 is 0 Å². The van der Waals surface area contributed by atoms with Gasteiger partial charge in [-0.1, -0.05) is 158 Å². The van der Waals surface area contributed by atoms with Crippen LogP contribution in [0.1, 0.15) is 0 Å². The van der Waals surface area contributed by atoms with Gasteiger partial charge in [-0.25, -0.2) is 0 Å². The summed E-state index contributed by atoms with van der Waals surface area (Å²) in [6.45, 7) is 0. The van der Waals surface area contributed by atoms with E-state index in [4.69, 9.17) is 0 Å². The van der Waals surface area contributed by atoms with E-state index in [2.05, 4.69) is 265 Å². The van der Waals surface area contributed by atoms with Crippen molar-refractivity contribution in [1.29, 1.82) is 0 Å². The third kappa shape index (κ3) is 6.61. The van der Waals surface area contributed by atoms with Crippen molar-refractivity contribution in [1.82, 2.24) is 0 Å². The smallest absolute Gasteiger partial charge is 0.0468 e. The third-order valence-corrected chi connectivity index (χ3v) is 12.7. The molecule has 2 heteroatoms. The van der Waals surface area contributed by atoms with E-state index in [-0.39, 0.29) is 0 Å². The number of para-hydroxylation sites is 4. The summed E-state index contributed by atoms with van der Waals surface area (Å²) in [6, 6.07) is 92.6. The van der Waals surface area contributed by atoms with Gasteiger partial charge in [-0.2, -0.15) is 0 Å². The number of anilines is 6. The van der Waals surface area contributed by atoms with E-state index < -0.39 is 0 Å². The van der Waals surface area contributed by atoms with Crippen molar-refractivity contribution in [2.24, 2.45) is 0 Å². The number of nitrogens with zero attached hydrogens (tertiary/aromatic N) is 2. The Morgan fingerprint density at radius 1 is 0.203 bits per heavy atom. The molecule has 0 bridgehead atoms. The molecule has 0 fully saturated rings. The Bertz CT molecular complexity index is 3340. The predicted molar refractivity (Wildman–Crippen MR) is 274 cm³/mol. The van der Waals surface area contributed by atoms with Crippen LogP contribution in [0.4, 0.5) is 34.1 Å². The molecule has 0 unspecified atom stereocenters. The Balaban J connectivity index is 0.970. The van der Waals surface area contributed by atoms with E-state index in [9.17, 15) is 0 Å². The van der Waals surface area contributed by atoms with Gasteiger partial charge in [0.1, 0.15) is 0 Å². The van der Waals surface area contributed by atoms with Gasteiger partial charge in [-0.3, -0.25) is 0 Å². The maximum absolute atomic E-state index is 2.42. The second kappa shape index (κ2) is 15.8. The number of benzene rings is 12. The van der Waals surface area contributed by atoms with Crippen molar-refractivity contribution in [3.05, 3.63) is 255 Å². The normalized spacial score (nSPS) is 11.4. The SMILES string of the molecule is c1ccc(N(c2ccccc2)c2ccc3cc(-c4cc5cc(-c6ccc7cc(N(c8ccccc8)c8ccccc8)ccc7c6)c6ccccc6c5c5ccccc45)ccc3c2)cc1. The van der Waals surface area contributed by atoms with Crippen molar-refractivity contribution >= 4 is 88.0 Å². The first-order chi connectivity index (χ1) is 31.7. The van der Waals surface area contributed by atoms with Crippen molar-refractivity contribution in [3.63, 3.8) is 0 Å². The lowest BCUT2D eigenvalue weighted by molar-refractivity contribution is 1.29. The third-order valence-electron chi connectivity index (χ3n) is 12.7. The van der Waals surface area contributed by atoms with E-state index in [1.807, 2.05) is 0 Å². The van der Waals surface area contributed by atoms with Crippen LogP contribution in [0.3, 0.4) is 0 Å². The quantitative estimate of drug-likeness (QED) is 0.141. The minimum absolute atomic E-state index is 1.13. The summed E-state index contributed by atoms with van der Waals surface area (Å²) in [4.78, 5) is 4.65. The number of hydrogen-bond acceptors (Lipinski definition) is 2. The molecule has 0 aliphatic rings. The molecule has 0 N–H and O–H groups in total. The average Bonchev–Trinajstić information content (AvgIpc) is 3.37. The molecule has 12 rings (SSSR count). The molecule has 300 valence electrons. The molecule has 0 aromatic heterocycles. The van der Waals surface area contributed by atoms with Crippen LogP contribution in [0.15, 0.2) is 255 Å². The summed E-state index contributed by atoms with van der Waals surface area (Å²) in [7, 11) is 0. The molecule has 0 saturated heterocycles. The second-order valence-corrected chi connectivity index (χ2v) is 16.5. The Morgan fingerprint density at radius 3 is 0.891 bits per heavy atom. The fourth-order valence-corrected chi connectivity index (χ4v) is 9.74. The second-order valence-electron chi connectivity index (χ2n) is 16.5. The fraction of sp³-hybridized carbons (Fsp3) is 0. The molecular formula is C62H42N2. The van der Waals surface area contributed by atoms with Crippen LogP contribution in [0.5, 0.6) is 0 Å². The highest BCUT2D eigenvalue weighted by Crippen LogP contribution is 2.44. The van der Waals surface area contributed by atoms with Crippen molar-refractivity contribution < 1.29 is 0 Å². The van der Waals surface area contributed by atoms with Gasteiger partial charge < -0.3 is 9.80 Å². The Hall–Kier alpha value is -8.46. The molecule has 0 amide bonds. The molecule has 0 atom stereocenters. The summed E-state index contributed by atoms with van der Waals surface area (Å²) < 4.78 is 0. The highest BCUT2D eigenvalue weighted by Gasteiger charge is 2.18. The monoisotopic (exact) mass is 814 g/mol. The average molecular weight is 815 g/mol. The minimum atomic E-state index is 1.13. The van der Waals surface area contributed by atoms with E-state index in [1.165, 1.54) is 76.1 Å². The summed E-state index contributed by atoms with van der Waals surface area (Å²) in [5.74, 6) is 0. The molecule has 0 aliphatic carbocycles. The maximum Gasteiger partial charge on any atom is 0.0468 e. The van der Waals surface area contributed by atoms with E-state index >= 15 is 0 Å². The van der Waals surface area contributed by atoms with Gasteiger partial charge in [0.15, 0.2) is 0 Å². The minimum Gasteiger partial charge on any atom is -0.310 e. The standard InChI is InChI=1S/C62H42N2/c1-5-17-50(18-6-1)63(51-19-7-2-8-20-51)54-35-33-43-37-47(31-29-45(43)39-54)60-41-49-42-61(57-26-14-16-28-59(57)62(49)58-27-15-13-25-56(58)60)48-32-30-46-40-55(36-34-44(46)38-48)64(52-21-9-3-10-22-52)53-23-11-4-12-24-53/h1-42H. The Morgan fingerprint density at radius 2 is 0.516 bits per heavy atom. The summed E-state index contributed by atoms with van der Waals surface area (Å²) >= 11 is 0. The number of hydrogen-bond donors (Lipinski definition) is 0. The highest BCUT2D eigenvalue weighted by atomic mass is 15.1. The van der Waals surface area contributed by atoms with Crippen molar-refractivity contribution in [3.8, 4) is 22.3 Å². The van der Waals surface area contributed by atoms with E-state index in [0.717, 1.165) is 34.1 Å². The van der Waals surface area contributed by atoms with E-state index in [1.54, 1.807) is 0 Å². The first-order valence-corrected chi connectivity index (χ1v) is 22.0. The van der Waals surface area contributed by atoms with Crippen LogP contribution in [0.25, 0.3) is 76.1 Å². The lowest BCUT2D eigenvalue weighted by Crippen LogP contribution is -2.09. The zero-order valence-corrected chi connectivity index (χ0v) is 35.1. The van der Waals surface area contributed by atoms with Gasteiger partial charge in [-0.15, -0.1) is 0 Å². The highest BCUT2D eigenvalue weighted by molar-refractivity contribution is 6.26. The molecule has 0 saturated carbocycles.